The molecule has 7 nitrogen and oxygen atoms in total. The molecule has 1 aliphatic rings. The zero-order valence-electron chi connectivity index (χ0n) is 12.7. The van der Waals surface area contributed by atoms with Crippen LogP contribution in [0.4, 0.5) is 0 Å². The molecule has 1 unspecified atom stereocenters. The number of ether oxygens (including phenoxy) is 2. The van der Waals surface area contributed by atoms with Crippen LogP contribution in [0.25, 0.3) is 0 Å². The van der Waals surface area contributed by atoms with Gasteiger partial charge < -0.3 is 25.1 Å². The van der Waals surface area contributed by atoms with Crippen LogP contribution < -0.4 is 20.5 Å². The van der Waals surface area contributed by atoms with E-state index < -0.39 is 0 Å². The number of hydrogen-bond acceptors (Lipinski definition) is 5. The minimum Gasteiger partial charge on any atom is -0.454 e. The highest BCUT2D eigenvalue weighted by Crippen LogP contribution is 2.32. The molecule has 1 aromatic heterocycles. The van der Waals surface area contributed by atoms with E-state index in [-0.39, 0.29) is 37.6 Å². The van der Waals surface area contributed by atoms with Gasteiger partial charge in [0.2, 0.25) is 12.7 Å². The van der Waals surface area contributed by atoms with Crippen LogP contribution in [0.15, 0.2) is 30.7 Å². The minimum atomic E-state index is -0.367. The van der Waals surface area contributed by atoms with Crippen molar-refractivity contribution < 1.29 is 14.3 Å². The van der Waals surface area contributed by atoms with Crippen LogP contribution >= 0.6 is 12.4 Å². The first kappa shape index (κ1) is 17.1. The molecule has 0 fully saturated rings. The fraction of sp³-hybridized carbons (Fsp3) is 0.333. The molecule has 23 heavy (non-hydrogen) atoms. The molecule has 2 heterocycles. The van der Waals surface area contributed by atoms with Crippen LogP contribution in [-0.4, -0.2) is 22.3 Å². The van der Waals surface area contributed by atoms with Gasteiger partial charge in [-0.3, -0.25) is 4.79 Å². The van der Waals surface area contributed by atoms with Crippen molar-refractivity contribution in [3.8, 4) is 11.5 Å². The number of primary amides is 1. The molecule has 0 bridgehead atoms. The number of hydrogen-bond donors (Lipinski definition) is 2. The molecule has 0 radical (unpaired) electrons. The molecular formula is C15H19ClN4O3. The first-order valence-electron chi connectivity index (χ1n) is 7.00. The van der Waals surface area contributed by atoms with E-state index in [4.69, 9.17) is 15.2 Å². The third-order valence-electron chi connectivity index (χ3n) is 3.48. The first-order chi connectivity index (χ1) is 10.6. The maximum absolute atomic E-state index is 11.3. The highest BCUT2D eigenvalue weighted by molar-refractivity contribution is 5.85. The Hall–Kier alpha value is -2.25. The number of halogens is 1. The lowest BCUT2D eigenvalue weighted by atomic mass is 10.1. The molecule has 0 saturated heterocycles. The van der Waals surface area contributed by atoms with Crippen LogP contribution in [0.3, 0.4) is 0 Å². The topological polar surface area (TPSA) is 91.4 Å². The highest BCUT2D eigenvalue weighted by Gasteiger charge is 2.18. The van der Waals surface area contributed by atoms with E-state index >= 15 is 0 Å². The summed E-state index contributed by atoms with van der Waals surface area (Å²) < 4.78 is 12.5. The molecular weight excluding hydrogens is 320 g/mol. The number of carbonyl (C=O) groups excluding carboxylic acids is 1. The minimum absolute atomic E-state index is 0. The van der Waals surface area contributed by atoms with E-state index in [0.717, 1.165) is 22.8 Å². The lowest BCUT2D eigenvalue weighted by Crippen LogP contribution is -2.26. The standard InChI is InChI=1S/C15H18N4O3.ClH/c1-19-7-12(18-8-19)11(5-15(16)20)17-6-10-2-3-13-14(4-10)22-9-21-13;/h2-4,7-8,11,17H,5-6,9H2,1H3,(H2,16,20);1H. The summed E-state index contributed by atoms with van der Waals surface area (Å²) in [5.41, 5.74) is 7.16. The summed E-state index contributed by atoms with van der Waals surface area (Å²) in [5, 5.41) is 3.32. The van der Waals surface area contributed by atoms with Gasteiger partial charge in [-0.15, -0.1) is 12.4 Å². The van der Waals surface area contributed by atoms with Crippen LogP contribution in [0.2, 0.25) is 0 Å². The van der Waals surface area contributed by atoms with Crippen molar-refractivity contribution >= 4 is 18.3 Å². The van der Waals surface area contributed by atoms with Crippen molar-refractivity contribution in [2.75, 3.05) is 6.79 Å². The van der Waals surface area contributed by atoms with Crippen molar-refractivity contribution in [2.24, 2.45) is 12.8 Å². The lowest BCUT2D eigenvalue weighted by molar-refractivity contribution is -0.118. The van der Waals surface area contributed by atoms with E-state index in [1.165, 1.54) is 0 Å². The second-order valence-electron chi connectivity index (χ2n) is 5.26. The van der Waals surface area contributed by atoms with Crippen molar-refractivity contribution in [3.63, 3.8) is 0 Å². The number of nitrogens with zero attached hydrogens (tertiary/aromatic N) is 2. The second kappa shape index (κ2) is 7.34. The lowest BCUT2D eigenvalue weighted by Gasteiger charge is -2.15. The van der Waals surface area contributed by atoms with Gasteiger partial charge in [0, 0.05) is 26.2 Å². The van der Waals surface area contributed by atoms with Crippen LogP contribution in [0, 0.1) is 0 Å². The molecule has 3 rings (SSSR count). The van der Waals surface area contributed by atoms with Crippen molar-refractivity contribution in [1.29, 1.82) is 0 Å². The number of aromatic nitrogens is 2. The van der Waals surface area contributed by atoms with Gasteiger partial charge in [0.05, 0.1) is 18.1 Å². The van der Waals surface area contributed by atoms with Gasteiger partial charge in [-0.2, -0.15) is 0 Å². The molecule has 0 aliphatic carbocycles. The number of imidazole rings is 1. The molecule has 3 N–H and O–H groups in total. The zero-order valence-corrected chi connectivity index (χ0v) is 13.5. The number of benzene rings is 1. The Morgan fingerprint density at radius 2 is 2.22 bits per heavy atom. The van der Waals surface area contributed by atoms with Gasteiger partial charge in [0.1, 0.15) is 0 Å². The highest BCUT2D eigenvalue weighted by atomic mass is 35.5. The molecule has 2 aromatic rings. The quantitative estimate of drug-likeness (QED) is 0.827. The average molecular weight is 339 g/mol. The number of nitrogens with one attached hydrogen (secondary N) is 1. The van der Waals surface area contributed by atoms with Gasteiger partial charge in [-0.05, 0) is 17.7 Å². The van der Waals surface area contributed by atoms with Gasteiger partial charge in [0.15, 0.2) is 11.5 Å². The summed E-state index contributed by atoms with van der Waals surface area (Å²) in [5.74, 6) is 1.12. The molecule has 0 saturated carbocycles. The zero-order chi connectivity index (χ0) is 15.5. The number of amides is 1. The van der Waals surface area contributed by atoms with Crippen molar-refractivity contribution in [2.45, 2.75) is 19.0 Å². The Balaban J connectivity index is 0.00000192. The smallest absolute Gasteiger partial charge is 0.231 e. The van der Waals surface area contributed by atoms with E-state index in [2.05, 4.69) is 10.3 Å². The van der Waals surface area contributed by atoms with Crippen LogP contribution in [0.1, 0.15) is 23.7 Å². The summed E-state index contributed by atoms with van der Waals surface area (Å²) in [4.78, 5) is 15.6. The third kappa shape index (κ3) is 4.14. The summed E-state index contributed by atoms with van der Waals surface area (Å²) in [6.45, 7) is 0.829. The molecule has 1 amide bonds. The van der Waals surface area contributed by atoms with Gasteiger partial charge in [-0.1, -0.05) is 6.07 Å². The molecule has 1 aromatic carbocycles. The van der Waals surface area contributed by atoms with Gasteiger partial charge >= 0.3 is 0 Å². The van der Waals surface area contributed by atoms with Crippen molar-refractivity contribution in [3.05, 3.63) is 42.0 Å². The largest absolute Gasteiger partial charge is 0.454 e. The van der Waals surface area contributed by atoms with Gasteiger partial charge in [-0.25, -0.2) is 4.98 Å². The van der Waals surface area contributed by atoms with Gasteiger partial charge in [0.25, 0.3) is 0 Å². The Morgan fingerprint density at radius 3 is 2.91 bits per heavy atom. The number of fused-ring (bicyclic) bond motifs is 1. The predicted octanol–water partition coefficient (Wildman–Crippen LogP) is 1.28. The molecule has 1 aliphatic heterocycles. The Kier molecular flexibility index (Phi) is 5.46. The number of rotatable bonds is 6. The Morgan fingerprint density at radius 1 is 1.43 bits per heavy atom. The second-order valence-corrected chi connectivity index (χ2v) is 5.26. The molecule has 1 atom stereocenters. The number of aryl methyl sites for hydroxylation is 1. The molecule has 8 heteroatoms. The summed E-state index contributed by atoms with van der Waals surface area (Å²) in [6.07, 6.45) is 3.77. The number of carbonyl (C=O) groups is 1. The molecule has 124 valence electrons. The monoisotopic (exact) mass is 338 g/mol. The maximum atomic E-state index is 11.3. The third-order valence-corrected chi connectivity index (χ3v) is 3.48. The van der Waals surface area contributed by atoms with Crippen LogP contribution in [0.5, 0.6) is 11.5 Å². The maximum Gasteiger partial charge on any atom is 0.231 e. The Bertz CT molecular complexity index is 689. The summed E-state index contributed by atoms with van der Waals surface area (Å²) in [6, 6.07) is 5.54. The first-order valence-corrected chi connectivity index (χ1v) is 7.00. The normalized spacial score (nSPS) is 13.4. The predicted molar refractivity (Wildman–Crippen MR) is 86.4 cm³/mol. The fourth-order valence-electron chi connectivity index (χ4n) is 2.39. The van der Waals surface area contributed by atoms with E-state index in [1.54, 1.807) is 6.33 Å². The van der Waals surface area contributed by atoms with E-state index in [1.807, 2.05) is 36.0 Å². The average Bonchev–Trinajstić information content (AvgIpc) is 3.11. The Labute approximate surface area is 140 Å². The molecule has 0 spiro atoms. The fourth-order valence-corrected chi connectivity index (χ4v) is 2.39. The van der Waals surface area contributed by atoms with Crippen molar-refractivity contribution in [1.82, 2.24) is 14.9 Å². The van der Waals surface area contributed by atoms with E-state index in [0.29, 0.717) is 6.54 Å². The van der Waals surface area contributed by atoms with Crippen LogP contribution in [-0.2, 0) is 18.4 Å². The summed E-state index contributed by atoms with van der Waals surface area (Å²) in [7, 11) is 1.88. The SMILES string of the molecule is Cl.Cn1cnc(C(CC(N)=O)NCc2ccc3c(c2)OCO3)c1. The van der Waals surface area contributed by atoms with E-state index in [9.17, 15) is 4.79 Å². The number of nitrogens with two attached hydrogens (primary N) is 1. The summed E-state index contributed by atoms with van der Waals surface area (Å²) >= 11 is 0.